The zero-order valence-electron chi connectivity index (χ0n) is 13.2. The molecule has 112 valence electrons. The summed E-state index contributed by atoms with van der Waals surface area (Å²) in [5.74, 6) is 0. The highest BCUT2D eigenvalue weighted by atomic mass is 15.1. The Hall–Kier alpha value is -1.71. The fraction of sp³-hybridized carbons (Fsp3) is 0.389. The molecule has 3 nitrogen and oxygen atoms in total. The normalized spacial score (nSPS) is 12.6. The van der Waals surface area contributed by atoms with Gasteiger partial charge in [-0.2, -0.15) is 0 Å². The minimum absolute atomic E-state index is 0.405. The van der Waals surface area contributed by atoms with E-state index in [4.69, 9.17) is 0 Å². The van der Waals surface area contributed by atoms with Crippen LogP contribution in [0.25, 0.3) is 0 Å². The molecule has 0 aliphatic heterocycles. The molecule has 0 aliphatic rings. The molecule has 0 bridgehead atoms. The topological polar surface area (TPSA) is 28.2 Å². The number of nitrogens with zero attached hydrogens (tertiary/aromatic N) is 2. The van der Waals surface area contributed by atoms with E-state index < -0.39 is 0 Å². The number of hydrogen-bond acceptors (Lipinski definition) is 3. The van der Waals surface area contributed by atoms with Gasteiger partial charge < -0.3 is 10.2 Å². The number of benzene rings is 1. The Morgan fingerprint density at radius 3 is 2.57 bits per heavy atom. The Labute approximate surface area is 128 Å². The Kier molecular flexibility index (Phi) is 5.90. The lowest BCUT2D eigenvalue weighted by Gasteiger charge is -2.22. The van der Waals surface area contributed by atoms with E-state index in [0.717, 1.165) is 19.5 Å². The van der Waals surface area contributed by atoms with Crippen molar-refractivity contribution in [2.75, 3.05) is 20.6 Å². The van der Waals surface area contributed by atoms with E-state index in [-0.39, 0.29) is 0 Å². The molecule has 0 radical (unpaired) electrons. The Balaban J connectivity index is 1.86. The number of pyridine rings is 1. The van der Waals surface area contributed by atoms with Crippen molar-refractivity contribution < 1.29 is 0 Å². The zero-order chi connectivity index (χ0) is 15.1. The molecule has 2 aromatic rings. The maximum absolute atomic E-state index is 4.17. The lowest BCUT2D eigenvalue weighted by Crippen LogP contribution is -2.25. The van der Waals surface area contributed by atoms with Crippen LogP contribution in [0.1, 0.15) is 29.2 Å². The number of aromatic nitrogens is 1. The molecule has 3 heteroatoms. The maximum atomic E-state index is 4.17. The fourth-order valence-electron chi connectivity index (χ4n) is 2.51. The molecule has 1 heterocycles. The van der Waals surface area contributed by atoms with Gasteiger partial charge in [-0.05, 0) is 51.2 Å². The second kappa shape index (κ2) is 7.91. The number of rotatable bonds is 7. The SMILES string of the molecule is CNC(CCN(C)Cc1cccnc1)c1ccc(C)cc1. The average molecular weight is 283 g/mol. The first kappa shape index (κ1) is 15.7. The Morgan fingerprint density at radius 2 is 1.95 bits per heavy atom. The highest BCUT2D eigenvalue weighted by Gasteiger charge is 2.10. The molecule has 1 aromatic carbocycles. The van der Waals surface area contributed by atoms with Crippen LogP contribution in [-0.2, 0) is 6.54 Å². The van der Waals surface area contributed by atoms with Gasteiger partial charge in [-0.3, -0.25) is 4.98 Å². The second-order valence-electron chi connectivity index (χ2n) is 5.64. The van der Waals surface area contributed by atoms with Gasteiger partial charge in [-0.1, -0.05) is 35.9 Å². The quantitative estimate of drug-likeness (QED) is 0.846. The van der Waals surface area contributed by atoms with Crippen molar-refractivity contribution in [2.24, 2.45) is 0 Å². The van der Waals surface area contributed by atoms with Crippen LogP contribution in [0, 0.1) is 6.92 Å². The summed E-state index contributed by atoms with van der Waals surface area (Å²) < 4.78 is 0. The van der Waals surface area contributed by atoms with Gasteiger partial charge in [0.05, 0.1) is 0 Å². The predicted octanol–water partition coefficient (Wildman–Crippen LogP) is 3.17. The monoisotopic (exact) mass is 283 g/mol. The van der Waals surface area contributed by atoms with Gasteiger partial charge in [0.1, 0.15) is 0 Å². The first-order valence-electron chi connectivity index (χ1n) is 7.50. The summed E-state index contributed by atoms with van der Waals surface area (Å²) in [5.41, 5.74) is 3.93. The molecule has 0 fully saturated rings. The smallest absolute Gasteiger partial charge is 0.0329 e. The second-order valence-corrected chi connectivity index (χ2v) is 5.64. The van der Waals surface area contributed by atoms with E-state index >= 15 is 0 Å². The fourth-order valence-corrected chi connectivity index (χ4v) is 2.51. The summed E-state index contributed by atoms with van der Waals surface area (Å²) in [6, 6.07) is 13.3. The van der Waals surface area contributed by atoms with Gasteiger partial charge in [-0.15, -0.1) is 0 Å². The van der Waals surface area contributed by atoms with Gasteiger partial charge in [0.2, 0.25) is 0 Å². The van der Waals surface area contributed by atoms with Gasteiger partial charge in [0, 0.05) is 25.0 Å². The van der Waals surface area contributed by atoms with E-state index in [0.29, 0.717) is 6.04 Å². The summed E-state index contributed by atoms with van der Waals surface area (Å²) in [7, 11) is 4.19. The minimum atomic E-state index is 0.405. The van der Waals surface area contributed by atoms with Crippen molar-refractivity contribution in [3.63, 3.8) is 0 Å². The molecule has 0 aliphatic carbocycles. The third-order valence-electron chi connectivity index (χ3n) is 3.80. The molecule has 1 N–H and O–H groups in total. The van der Waals surface area contributed by atoms with E-state index in [2.05, 4.69) is 59.5 Å². The molecular formula is C18H25N3. The number of nitrogens with one attached hydrogen (secondary N) is 1. The van der Waals surface area contributed by atoms with Crippen molar-refractivity contribution in [1.82, 2.24) is 15.2 Å². The zero-order valence-corrected chi connectivity index (χ0v) is 13.2. The third kappa shape index (κ3) is 4.96. The van der Waals surface area contributed by atoms with E-state index in [1.54, 1.807) is 0 Å². The number of hydrogen-bond donors (Lipinski definition) is 1. The standard InChI is InChI=1S/C18H25N3/c1-15-6-8-17(9-7-15)18(19-2)10-12-21(3)14-16-5-4-11-20-13-16/h4-9,11,13,18-19H,10,12,14H2,1-3H3. The summed E-state index contributed by atoms with van der Waals surface area (Å²) in [5, 5.41) is 3.42. The first-order valence-corrected chi connectivity index (χ1v) is 7.50. The molecule has 1 unspecified atom stereocenters. The Morgan fingerprint density at radius 1 is 1.19 bits per heavy atom. The van der Waals surface area contributed by atoms with E-state index in [1.165, 1.54) is 16.7 Å². The van der Waals surface area contributed by atoms with Crippen molar-refractivity contribution in [2.45, 2.75) is 25.9 Å². The van der Waals surface area contributed by atoms with Crippen LogP contribution >= 0.6 is 0 Å². The van der Waals surface area contributed by atoms with Crippen LogP contribution < -0.4 is 5.32 Å². The molecule has 1 atom stereocenters. The molecule has 0 amide bonds. The van der Waals surface area contributed by atoms with E-state index in [9.17, 15) is 0 Å². The van der Waals surface area contributed by atoms with Crippen molar-refractivity contribution in [3.05, 3.63) is 65.5 Å². The molecule has 2 rings (SSSR count). The van der Waals surface area contributed by atoms with Crippen LogP contribution in [0.4, 0.5) is 0 Å². The van der Waals surface area contributed by atoms with Gasteiger partial charge >= 0.3 is 0 Å². The highest BCUT2D eigenvalue weighted by Crippen LogP contribution is 2.17. The molecule has 21 heavy (non-hydrogen) atoms. The summed E-state index contributed by atoms with van der Waals surface area (Å²) in [4.78, 5) is 6.51. The van der Waals surface area contributed by atoms with Crippen molar-refractivity contribution in [3.8, 4) is 0 Å². The molecule has 0 spiro atoms. The van der Waals surface area contributed by atoms with Crippen LogP contribution in [0.5, 0.6) is 0 Å². The lowest BCUT2D eigenvalue weighted by molar-refractivity contribution is 0.303. The lowest BCUT2D eigenvalue weighted by atomic mass is 10.0. The van der Waals surface area contributed by atoms with Gasteiger partial charge in [0.25, 0.3) is 0 Å². The number of aryl methyl sites for hydroxylation is 1. The third-order valence-corrected chi connectivity index (χ3v) is 3.80. The molecule has 1 aromatic heterocycles. The maximum Gasteiger partial charge on any atom is 0.0329 e. The van der Waals surface area contributed by atoms with Crippen LogP contribution in [-0.4, -0.2) is 30.5 Å². The minimum Gasteiger partial charge on any atom is -0.313 e. The van der Waals surface area contributed by atoms with Crippen LogP contribution in [0.15, 0.2) is 48.8 Å². The van der Waals surface area contributed by atoms with Crippen molar-refractivity contribution in [1.29, 1.82) is 0 Å². The van der Waals surface area contributed by atoms with Crippen LogP contribution in [0.3, 0.4) is 0 Å². The largest absolute Gasteiger partial charge is 0.313 e. The summed E-state index contributed by atoms with van der Waals surface area (Å²) >= 11 is 0. The molecular weight excluding hydrogens is 258 g/mol. The summed E-state index contributed by atoms with van der Waals surface area (Å²) in [6.45, 7) is 4.12. The molecule has 0 saturated carbocycles. The Bertz CT molecular complexity index is 522. The van der Waals surface area contributed by atoms with Crippen LogP contribution in [0.2, 0.25) is 0 Å². The van der Waals surface area contributed by atoms with E-state index in [1.807, 2.05) is 25.5 Å². The van der Waals surface area contributed by atoms with Gasteiger partial charge in [0.15, 0.2) is 0 Å². The predicted molar refractivity (Wildman–Crippen MR) is 88.2 cm³/mol. The molecule has 0 saturated heterocycles. The highest BCUT2D eigenvalue weighted by molar-refractivity contribution is 5.24. The summed E-state index contributed by atoms with van der Waals surface area (Å²) in [6.07, 6.45) is 4.85. The first-order chi connectivity index (χ1) is 10.2. The van der Waals surface area contributed by atoms with Crippen molar-refractivity contribution >= 4 is 0 Å². The average Bonchev–Trinajstić information content (AvgIpc) is 2.50. The van der Waals surface area contributed by atoms with Gasteiger partial charge in [-0.25, -0.2) is 0 Å².